The molecular formula is C14H19N3O3S2. The van der Waals surface area contributed by atoms with Crippen molar-refractivity contribution in [1.82, 2.24) is 9.80 Å². The molecule has 0 amide bonds. The summed E-state index contributed by atoms with van der Waals surface area (Å²) in [5, 5.41) is 20.6. The van der Waals surface area contributed by atoms with Crippen LogP contribution >= 0.6 is 24.0 Å². The zero-order valence-corrected chi connectivity index (χ0v) is 14.0. The van der Waals surface area contributed by atoms with Gasteiger partial charge in [-0.05, 0) is 12.6 Å². The molecule has 0 aliphatic carbocycles. The Kier molecular flexibility index (Phi) is 5.98. The first-order chi connectivity index (χ1) is 10.5. The van der Waals surface area contributed by atoms with E-state index in [1.807, 2.05) is 0 Å². The monoisotopic (exact) mass is 341 g/mol. The standard InChI is InChI=1S/C14H19N3O3S2/c1-2-15-5-7-16(8-6-15)14(21)22-10-11-9-12(17(19)20)3-4-13(11)18/h3-4,9,18H,2,5-8,10H2,1H3. The van der Waals surface area contributed by atoms with Gasteiger partial charge < -0.3 is 14.9 Å². The number of non-ortho nitro benzene ring substituents is 1. The van der Waals surface area contributed by atoms with Crippen molar-refractivity contribution in [1.29, 1.82) is 0 Å². The summed E-state index contributed by atoms with van der Waals surface area (Å²) in [4.78, 5) is 14.8. The molecule has 6 nitrogen and oxygen atoms in total. The van der Waals surface area contributed by atoms with E-state index < -0.39 is 4.92 Å². The van der Waals surface area contributed by atoms with Gasteiger partial charge in [-0.25, -0.2) is 0 Å². The summed E-state index contributed by atoms with van der Waals surface area (Å²) in [5.74, 6) is 0.497. The molecule has 1 aromatic carbocycles. The zero-order chi connectivity index (χ0) is 16.1. The van der Waals surface area contributed by atoms with Crippen molar-refractivity contribution in [2.45, 2.75) is 12.7 Å². The predicted molar refractivity (Wildman–Crippen MR) is 92.3 cm³/mol. The van der Waals surface area contributed by atoms with Crippen LogP contribution < -0.4 is 0 Å². The van der Waals surface area contributed by atoms with Gasteiger partial charge in [0.1, 0.15) is 10.1 Å². The number of phenols is 1. The number of thioether (sulfide) groups is 1. The van der Waals surface area contributed by atoms with E-state index in [1.165, 1.54) is 30.0 Å². The van der Waals surface area contributed by atoms with Gasteiger partial charge in [-0.2, -0.15) is 0 Å². The average molecular weight is 341 g/mol. The lowest BCUT2D eigenvalue weighted by atomic mass is 10.2. The number of benzene rings is 1. The van der Waals surface area contributed by atoms with Gasteiger partial charge in [0.05, 0.1) is 4.92 Å². The molecule has 120 valence electrons. The molecule has 8 heteroatoms. The molecule has 0 spiro atoms. The first-order valence-corrected chi connectivity index (χ1v) is 8.51. The molecule has 0 unspecified atom stereocenters. The molecule has 1 N–H and O–H groups in total. The van der Waals surface area contributed by atoms with Crippen LogP contribution in [0.15, 0.2) is 18.2 Å². The number of nitrogens with zero attached hydrogens (tertiary/aromatic N) is 3. The zero-order valence-electron chi connectivity index (χ0n) is 12.4. The molecule has 0 radical (unpaired) electrons. The van der Waals surface area contributed by atoms with Gasteiger partial charge in [-0.15, -0.1) is 0 Å². The molecule has 1 aromatic rings. The van der Waals surface area contributed by atoms with Gasteiger partial charge in [0.2, 0.25) is 0 Å². The Hall–Kier alpha value is -1.38. The van der Waals surface area contributed by atoms with Crippen LogP contribution in [0.3, 0.4) is 0 Å². The van der Waals surface area contributed by atoms with E-state index in [2.05, 4.69) is 16.7 Å². The van der Waals surface area contributed by atoms with E-state index in [1.54, 1.807) is 0 Å². The maximum Gasteiger partial charge on any atom is 0.270 e. The number of nitro groups is 1. The number of nitro benzene ring substituents is 1. The first kappa shape index (κ1) is 17.0. The Morgan fingerprint density at radius 1 is 1.41 bits per heavy atom. The molecule has 1 fully saturated rings. The highest BCUT2D eigenvalue weighted by Gasteiger charge is 2.18. The van der Waals surface area contributed by atoms with Crippen molar-refractivity contribution in [3.63, 3.8) is 0 Å². The highest BCUT2D eigenvalue weighted by Crippen LogP contribution is 2.28. The van der Waals surface area contributed by atoms with Crippen molar-refractivity contribution >= 4 is 34.0 Å². The number of thiocarbonyl (C=S) groups is 1. The highest BCUT2D eigenvalue weighted by atomic mass is 32.2. The van der Waals surface area contributed by atoms with Crippen LogP contribution in [0.2, 0.25) is 0 Å². The van der Waals surface area contributed by atoms with Gasteiger partial charge in [0.25, 0.3) is 5.69 Å². The second-order valence-corrected chi connectivity index (χ2v) is 6.66. The van der Waals surface area contributed by atoms with Gasteiger partial charge in [-0.1, -0.05) is 30.9 Å². The molecule has 1 aliphatic heterocycles. The molecule has 1 aliphatic rings. The quantitative estimate of drug-likeness (QED) is 0.512. The lowest BCUT2D eigenvalue weighted by molar-refractivity contribution is -0.384. The highest BCUT2D eigenvalue weighted by molar-refractivity contribution is 8.22. The predicted octanol–water partition coefficient (Wildman–Crippen LogP) is 2.46. The Morgan fingerprint density at radius 2 is 2.09 bits per heavy atom. The fraction of sp³-hybridized carbons (Fsp3) is 0.500. The first-order valence-electron chi connectivity index (χ1n) is 7.11. The third-order valence-corrected chi connectivity index (χ3v) is 5.27. The molecule has 0 bridgehead atoms. The van der Waals surface area contributed by atoms with Gasteiger partial charge in [0, 0.05) is 49.6 Å². The molecule has 2 rings (SSSR count). The minimum Gasteiger partial charge on any atom is -0.508 e. The van der Waals surface area contributed by atoms with Crippen molar-refractivity contribution in [2.24, 2.45) is 0 Å². The van der Waals surface area contributed by atoms with E-state index in [-0.39, 0.29) is 11.4 Å². The third-order valence-electron chi connectivity index (χ3n) is 3.70. The van der Waals surface area contributed by atoms with E-state index in [0.29, 0.717) is 11.3 Å². The molecular weight excluding hydrogens is 322 g/mol. The summed E-state index contributed by atoms with van der Waals surface area (Å²) >= 11 is 6.87. The second-order valence-electron chi connectivity index (χ2n) is 5.05. The summed E-state index contributed by atoms with van der Waals surface area (Å²) in [7, 11) is 0. The summed E-state index contributed by atoms with van der Waals surface area (Å²) < 4.78 is 0.779. The topological polar surface area (TPSA) is 69.9 Å². The van der Waals surface area contributed by atoms with E-state index in [9.17, 15) is 15.2 Å². The molecule has 1 heterocycles. The largest absolute Gasteiger partial charge is 0.508 e. The summed E-state index contributed by atoms with van der Waals surface area (Å²) in [6.45, 7) is 7.00. The number of likely N-dealkylation sites (N-methyl/N-ethyl adjacent to an activating group) is 1. The maximum absolute atomic E-state index is 10.8. The number of hydrogen-bond acceptors (Lipinski definition) is 6. The smallest absolute Gasteiger partial charge is 0.270 e. The molecule has 1 saturated heterocycles. The van der Waals surface area contributed by atoms with Crippen molar-refractivity contribution in [3.05, 3.63) is 33.9 Å². The van der Waals surface area contributed by atoms with Crippen LogP contribution in [0.25, 0.3) is 0 Å². The van der Waals surface area contributed by atoms with Crippen LogP contribution in [-0.4, -0.2) is 56.9 Å². The van der Waals surface area contributed by atoms with Crippen molar-refractivity contribution in [3.8, 4) is 5.75 Å². The summed E-state index contributed by atoms with van der Waals surface area (Å²) in [6.07, 6.45) is 0. The molecule has 0 atom stereocenters. The van der Waals surface area contributed by atoms with Crippen LogP contribution in [0, 0.1) is 10.1 Å². The SMILES string of the molecule is CCN1CCN(C(=S)SCc2cc([N+](=O)[O-])ccc2O)CC1. The van der Waals surface area contributed by atoms with Crippen LogP contribution in [0.5, 0.6) is 5.75 Å². The molecule has 0 saturated carbocycles. The Balaban J connectivity index is 1.91. The number of phenolic OH excluding ortho intramolecular Hbond substituents is 1. The lowest BCUT2D eigenvalue weighted by Gasteiger charge is -2.35. The average Bonchev–Trinajstić information content (AvgIpc) is 2.53. The van der Waals surface area contributed by atoms with Crippen LogP contribution in [0.1, 0.15) is 12.5 Å². The lowest BCUT2D eigenvalue weighted by Crippen LogP contribution is -2.47. The van der Waals surface area contributed by atoms with Crippen molar-refractivity contribution < 1.29 is 10.0 Å². The number of aromatic hydroxyl groups is 1. The Labute approximate surface area is 139 Å². The molecule has 22 heavy (non-hydrogen) atoms. The number of piperazine rings is 1. The second kappa shape index (κ2) is 7.75. The van der Waals surface area contributed by atoms with Crippen LogP contribution in [0.4, 0.5) is 5.69 Å². The van der Waals surface area contributed by atoms with Gasteiger partial charge >= 0.3 is 0 Å². The van der Waals surface area contributed by atoms with E-state index in [4.69, 9.17) is 12.2 Å². The van der Waals surface area contributed by atoms with E-state index in [0.717, 1.165) is 37.0 Å². The number of rotatable bonds is 4. The summed E-state index contributed by atoms with van der Waals surface area (Å²) in [6, 6.07) is 4.06. The summed E-state index contributed by atoms with van der Waals surface area (Å²) in [5.41, 5.74) is 0.518. The maximum atomic E-state index is 10.8. The fourth-order valence-electron chi connectivity index (χ4n) is 2.28. The minimum absolute atomic E-state index is 0.0177. The van der Waals surface area contributed by atoms with Gasteiger partial charge in [-0.3, -0.25) is 10.1 Å². The van der Waals surface area contributed by atoms with E-state index >= 15 is 0 Å². The van der Waals surface area contributed by atoms with Crippen LogP contribution in [-0.2, 0) is 5.75 Å². The van der Waals surface area contributed by atoms with Crippen molar-refractivity contribution in [2.75, 3.05) is 32.7 Å². The number of hydrogen-bond donors (Lipinski definition) is 1. The normalized spacial score (nSPS) is 15.8. The third kappa shape index (κ3) is 4.31. The fourth-order valence-corrected chi connectivity index (χ4v) is 3.51. The molecule has 0 aromatic heterocycles. The Morgan fingerprint density at radius 3 is 2.68 bits per heavy atom. The Bertz CT molecular complexity index is 560. The minimum atomic E-state index is -0.462. The van der Waals surface area contributed by atoms with Gasteiger partial charge in [0.15, 0.2) is 0 Å².